The van der Waals surface area contributed by atoms with Gasteiger partial charge in [0.05, 0.1) is 11.4 Å². The van der Waals surface area contributed by atoms with Gasteiger partial charge in [0.15, 0.2) is 5.11 Å². The van der Waals surface area contributed by atoms with E-state index in [1.165, 1.54) is 11.3 Å². The molecule has 3 heterocycles. The third kappa shape index (κ3) is 4.03. The lowest BCUT2D eigenvalue weighted by Gasteiger charge is -2.37. The summed E-state index contributed by atoms with van der Waals surface area (Å²) >= 11 is 5.57. The van der Waals surface area contributed by atoms with Crippen LogP contribution < -0.4 is 15.6 Å². The Hall–Kier alpha value is -2.67. The van der Waals surface area contributed by atoms with Crippen molar-refractivity contribution in [1.29, 1.82) is 0 Å². The topological polar surface area (TPSA) is 55.8 Å². The summed E-state index contributed by atoms with van der Waals surface area (Å²) < 4.78 is 0. The van der Waals surface area contributed by atoms with Crippen LogP contribution in [0.5, 0.6) is 0 Å². The number of hydrogen-bond acceptors (Lipinski definition) is 5. The number of nitrogens with one attached hydrogen (secondary N) is 2. The quantitative estimate of drug-likeness (QED) is 0.617. The van der Waals surface area contributed by atoms with E-state index in [1.54, 1.807) is 6.20 Å². The normalized spacial score (nSPS) is 18.0. The molecule has 6 nitrogen and oxygen atoms in total. The van der Waals surface area contributed by atoms with E-state index in [1.807, 2.05) is 12.1 Å². The van der Waals surface area contributed by atoms with Crippen molar-refractivity contribution in [2.24, 2.45) is 5.10 Å². The van der Waals surface area contributed by atoms with Crippen LogP contribution in [0.15, 0.2) is 47.7 Å². The summed E-state index contributed by atoms with van der Waals surface area (Å²) in [5.41, 5.74) is 8.54. The molecule has 0 atom stereocenters. The van der Waals surface area contributed by atoms with Gasteiger partial charge in [-0.15, -0.1) is 0 Å². The second-order valence-electron chi connectivity index (χ2n) is 6.86. The number of piperazine rings is 1. The Labute approximate surface area is 165 Å². The number of aryl methyl sites for hydroxylation is 1. The molecule has 0 unspecified atom stereocenters. The van der Waals surface area contributed by atoms with E-state index < -0.39 is 0 Å². The highest BCUT2D eigenvalue weighted by molar-refractivity contribution is 7.80. The minimum atomic E-state index is 0.683. The number of aromatic nitrogens is 1. The highest BCUT2D eigenvalue weighted by Crippen LogP contribution is 2.20. The van der Waals surface area contributed by atoms with Gasteiger partial charge in [0.25, 0.3) is 0 Å². The van der Waals surface area contributed by atoms with E-state index in [-0.39, 0.29) is 0 Å². The molecule has 2 aromatic rings. The van der Waals surface area contributed by atoms with E-state index in [0.717, 1.165) is 56.2 Å². The summed E-state index contributed by atoms with van der Waals surface area (Å²) in [5, 5.41) is 8.59. The molecule has 7 heteroatoms. The molecule has 1 saturated heterocycles. The number of benzene rings is 1. The molecule has 0 spiro atoms. The predicted molar refractivity (Wildman–Crippen MR) is 115 cm³/mol. The standard InChI is InChI=1S/C20H24N6S/c1-15-4-2-5-16(14-15)25-10-12-26(13-11-25)20(27)24-23-18-7-9-21-17-6-3-8-22-19(17)18/h2-6,8,14,21H,7,9-13H2,1H3,(H,24,27)/b23-18-. The molecular formula is C20H24N6S. The third-order valence-electron chi connectivity index (χ3n) is 4.98. The van der Waals surface area contributed by atoms with E-state index in [2.05, 4.69) is 61.8 Å². The first-order chi connectivity index (χ1) is 13.2. The van der Waals surface area contributed by atoms with Gasteiger partial charge in [-0.25, -0.2) is 0 Å². The summed E-state index contributed by atoms with van der Waals surface area (Å²) in [5.74, 6) is 0. The Kier molecular flexibility index (Phi) is 5.20. The molecule has 1 fully saturated rings. The molecule has 2 aliphatic rings. The van der Waals surface area contributed by atoms with Crippen molar-refractivity contribution in [2.75, 3.05) is 42.9 Å². The van der Waals surface area contributed by atoms with Crippen LogP contribution >= 0.6 is 12.2 Å². The molecule has 0 radical (unpaired) electrons. The van der Waals surface area contributed by atoms with Crippen molar-refractivity contribution in [3.8, 4) is 0 Å². The molecule has 0 amide bonds. The molecule has 27 heavy (non-hydrogen) atoms. The van der Waals surface area contributed by atoms with Gasteiger partial charge in [0.1, 0.15) is 5.69 Å². The zero-order chi connectivity index (χ0) is 18.6. The van der Waals surface area contributed by atoms with Gasteiger partial charge in [0, 0.05) is 51.0 Å². The van der Waals surface area contributed by atoms with Gasteiger partial charge < -0.3 is 15.1 Å². The summed E-state index contributed by atoms with van der Waals surface area (Å²) in [4.78, 5) is 9.04. The maximum absolute atomic E-state index is 5.57. The zero-order valence-electron chi connectivity index (χ0n) is 15.5. The van der Waals surface area contributed by atoms with Crippen LogP contribution in [0.25, 0.3) is 0 Å². The minimum absolute atomic E-state index is 0.683. The molecule has 0 aliphatic carbocycles. The molecule has 2 aliphatic heterocycles. The smallest absolute Gasteiger partial charge is 0.189 e. The van der Waals surface area contributed by atoms with E-state index in [9.17, 15) is 0 Å². The summed E-state index contributed by atoms with van der Waals surface area (Å²) in [7, 11) is 0. The number of thiocarbonyl (C=S) groups is 1. The van der Waals surface area contributed by atoms with E-state index in [0.29, 0.717) is 5.11 Å². The average Bonchev–Trinajstić information content (AvgIpc) is 2.72. The summed E-state index contributed by atoms with van der Waals surface area (Å²) in [6.45, 7) is 6.68. The van der Waals surface area contributed by atoms with Crippen molar-refractivity contribution in [1.82, 2.24) is 15.3 Å². The fourth-order valence-corrected chi connectivity index (χ4v) is 3.73. The van der Waals surface area contributed by atoms with Gasteiger partial charge in [0.2, 0.25) is 0 Å². The first-order valence-corrected chi connectivity index (χ1v) is 9.74. The van der Waals surface area contributed by atoms with Gasteiger partial charge in [-0.05, 0) is 49.0 Å². The van der Waals surface area contributed by atoms with Crippen molar-refractivity contribution in [2.45, 2.75) is 13.3 Å². The number of rotatable bonds is 2. The van der Waals surface area contributed by atoms with Crippen molar-refractivity contribution >= 4 is 34.4 Å². The number of nitrogens with zero attached hydrogens (tertiary/aromatic N) is 4. The maximum Gasteiger partial charge on any atom is 0.189 e. The lowest BCUT2D eigenvalue weighted by molar-refractivity contribution is 0.381. The molecule has 1 aromatic carbocycles. The SMILES string of the molecule is Cc1cccc(N2CCN(C(=S)N/N=C3/CCNc4cccnc43)CC2)c1. The Morgan fingerprint density at radius 1 is 1.19 bits per heavy atom. The molecule has 2 N–H and O–H groups in total. The lowest BCUT2D eigenvalue weighted by atomic mass is 10.1. The van der Waals surface area contributed by atoms with E-state index in [4.69, 9.17) is 12.2 Å². The van der Waals surface area contributed by atoms with Crippen LogP contribution in [0.1, 0.15) is 17.7 Å². The van der Waals surface area contributed by atoms with Crippen LogP contribution in [0.4, 0.5) is 11.4 Å². The minimum Gasteiger partial charge on any atom is -0.383 e. The van der Waals surface area contributed by atoms with Gasteiger partial charge in [-0.2, -0.15) is 5.10 Å². The molecule has 0 bridgehead atoms. The fraction of sp³-hybridized carbons (Fsp3) is 0.350. The van der Waals surface area contributed by atoms with Crippen LogP contribution in [0.3, 0.4) is 0 Å². The first-order valence-electron chi connectivity index (χ1n) is 9.33. The van der Waals surface area contributed by atoms with Crippen molar-refractivity contribution in [3.63, 3.8) is 0 Å². The lowest BCUT2D eigenvalue weighted by Crippen LogP contribution is -2.51. The van der Waals surface area contributed by atoms with Crippen LogP contribution in [0.2, 0.25) is 0 Å². The Morgan fingerprint density at radius 2 is 2.04 bits per heavy atom. The predicted octanol–water partition coefficient (Wildman–Crippen LogP) is 2.61. The first kappa shape index (κ1) is 17.7. The number of hydrazone groups is 1. The van der Waals surface area contributed by atoms with Gasteiger partial charge in [-0.1, -0.05) is 12.1 Å². The highest BCUT2D eigenvalue weighted by Gasteiger charge is 2.20. The molecule has 4 rings (SSSR count). The molecule has 1 aromatic heterocycles. The largest absolute Gasteiger partial charge is 0.383 e. The highest BCUT2D eigenvalue weighted by atomic mass is 32.1. The number of hydrogen-bond donors (Lipinski definition) is 2. The Balaban J connectivity index is 1.35. The summed E-state index contributed by atoms with van der Waals surface area (Å²) in [6, 6.07) is 12.6. The molecular weight excluding hydrogens is 356 g/mol. The average molecular weight is 381 g/mol. The van der Waals surface area contributed by atoms with Crippen LogP contribution in [-0.2, 0) is 0 Å². The zero-order valence-corrected chi connectivity index (χ0v) is 16.3. The van der Waals surface area contributed by atoms with Gasteiger partial charge in [-0.3, -0.25) is 10.4 Å². The number of anilines is 2. The van der Waals surface area contributed by atoms with Crippen molar-refractivity contribution in [3.05, 3.63) is 53.9 Å². The second-order valence-corrected chi connectivity index (χ2v) is 7.25. The van der Waals surface area contributed by atoms with Crippen molar-refractivity contribution < 1.29 is 0 Å². The fourth-order valence-electron chi connectivity index (χ4n) is 3.50. The summed E-state index contributed by atoms with van der Waals surface area (Å²) in [6.07, 6.45) is 2.63. The van der Waals surface area contributed by atoms with E-state index >= 15 is 0 Å². The monoisotopic (exact) mass is 380 g/mol. The number of pyridine rings is 1. The Morgan fingerprint density at radius 3 is 2.85 bits per heavy atom. The van der Waals surface area contributed by atoms with Gasteiger partial charge >= 0.3 is 0 Å². The molecule has 140 valence electrons. The van der Waals surface area contributed by atoms with Crippen LogP contribution in [-0.4, -0.2) is 53.4 Å². The van der Waals surface area contributed by atoms with Crippen LogP contribution in [0, 0.1) is 6.92 Å². The third-order valence-corrected chi connectivity index (χ3v) is 5.33. The maximum atomic E-state index is 5.57. The molecule has 0 saturated carbocycles. The second kappa shape index (κ2) is 7.92. The number of fused-ring (bicyclic) bond motifs is 1. The Bertz CT molecular complexity index is 857.